The first-order valence-electron chi connectivity index (χ1n) is 11.3. The van der Waals surface area contributed by atoms with E-state index in [9.17, 15) is 14.4 Å². The van der Waals surface area contributed by atoms with E-state index < -0.39 is 24.3 Å². The van der Waals surface area contributed by atoms with E-state index in [0.717, 1.165) is 6.08 Å². The summed E-state index contributed by atoms with van der Waals surface area (Å²) in [4.78, 5) is 35.0. The number of allylic oxidation sites excluding steroid dienone is 1. The molecular formula is C26H31NO8. The first kappa shape index (κ1) is 27.6. The molecule has 2 aromatic rings. The monoisotopic (exact) mass is 485 g/mol. The minimum Gasteiger partial charge on any atom is -0.491 e. The summed E-state index contributed by atoms with van der Waals surface area (Å²) < 4.78 is 17.0. The molecule has 0 bridgehead atoms. The van der Waals surface area contributed by atoms with Crippen molar-refractivity contribution >= 4 is 23.5 Å². The summed E-state index contributed by atoms with van der Waals surface area (Å²) in [6.45, 7) is 3.68. The number of aliphatic carboxylic acids is 1. The molecule has 35 heavy (non-hydrogen) atoms. The fourth-order valence-electron chi connectivity index (χ4n) is 3.31. The van der Waals surface area contributed by atoms with Crippen molar-refractivity contribution in [1.29, 1.82) is 0 Å². The van der Waals surface area contributed by atoms with Crippen LogP contribution in [0.25, 0.3) is 0 Å². The number of carbonyl (C=O) groups is 3. The van der Waals surface area contributed by atoms with E-state index in [0.29, 0.717) is 42.0 Å². The molecule has 0 radical (unpaired) electrons. The maximum absolute atomic E-state index is 12.8. The van der Waals surface area contributed by atoms with Crippen molar-refractivity contribution in [2.75, 3.05) is 25.1 Å². The van der Waals surface area contributed by atoms with Crippen molar-refractivity contribution < 1.29 is 38.8 Å². The Morgan fingerprint density at radius 2 is 1.74 bits per heavy atom. The predicted molar refractivity (Wildman–Crippen MR) is 130 cm³/mol. The van der Waals surface area contributed by atoms with Crippen LogP contribution >= 0.6 is 0 Å². The highest BCUT2D eigenvalue weighted by Gasteiger charge is 2.27. The van der Waals surface area contributed by atoms with Crippen LogP contribution in [0.1, 0.15) is 48.7 Å². The molecule has 1 amide bonds. The zero-order valence-electron chi connectivity index (χ0n) is 19.8. The lowest BCUT2D eigenvalue weighted by molar-refractivity contribution is -0.131. The minimum atomic E-state index is -1.04. The highest BCUT2D eigenvalue weighted by atomic mass is 16.6. The maximum atomic E-state index is 12.8. The number of benzene rings is 2. The van der Waals surface area contributed by atoms with E-state index in [4.69, 9.17) is 24.4 Å². The molecule has 0 fully saturated rings. The van der Waals surface area contributed by atoms with Crippen LogP contribution in [-0.2, 0) is 14.3 Å². The Morgan fingerprint density at radius 3 is 2.31 bits per heavy atom. The van der Waals surface area contributed by atoms with Gasteiger partial charge in [0.05, 0.1) is 12.7 Å². The zero-order chi connectivity index (χ0) is 25.6. The first-order valence-corrected chi connectivity index (χ1v) is 11.3. The van der Waals surface area contributed by atoms with Crippen LogP contribution in [0, 0.1) is 0 Å². The van der Waals surface area contributed by atoms with Crippen LogP contribution in [0.4, 0.5) is 10.5 Å². The number of aliphatic hydroxyl groups excluding tert-OH is 1. The molecule has 0 aliphatic carbocycles. The van der Waals surface area contributed by atoms with Crippen LogP contribution in [0.2, 0.25) is 0 Å². The number of nitrogens with one attached hydrogen (secondary N) is 1. The lowest BCUT2D eigenvalue weighted by Gasteiger charge is -2.27. The van der Waals surface area contributed by atoms with E-state index >= 15 is 0 Å². The molecule has 2 atom stereocenters. The third-order valence-electron chi connectivity index (χ3n) is 4.94. The largest absolute Gasteiger partial charge is 0.491 e. The van der Waals surface area contributed by atoms with Crippen LogP contribution in [0.5, 0.6) is 5.75 Å². The number of rotatable bonds is 14. The molecule has 9 heteroatoms. The Morgan fingerprint density at radius 1 is 1.06 bits per heavy atom. The molecule has 0 aromatic heterocycles. The van der Waals surface area contributed by atoms with E-state index in [1.165, 1.54) is 13.0 Å². The summed E-state index contributed by atoms with van der Waals surface area (Å²) >= 11 is 0. The SMILES string of the molecule is CCO[C@@H](CC/C=C/C(=O)O)[C@@H](OC(=O)Nc1ccc(C(C)=O)cc1)c1ccc(OCCO)cc1. The Kier molecular flexibility index (Phi) is 11.5. The van der Waals surface area contributed by atoms with Crippen molar-refractivity contribution in [2.24, 2.45) is 0 Å². The summed E-state index contributed by atoms with van der Waals surface area (Å²) in [5.74, 6) is -0.574. The fraction of sp³-hybridized carbons (Fsp3) is 0.346. The van der Waals surface area contributed by atoms with Gasteiger partial charge < -0.3 is 24.4 Å². The van der Waals surface area contributed by atoms with Crippen LogP contribution in [-0.4, -0.2) is 54.0 Å². The molecule has 0 saturated carbocycles. The van der Waals surface area contributed by atoms with Crippen LogP contribution < -0.4 is 10.1 Å². The number of Topliss-reactive ketones (excluding diaryl/α,β-unsaturated/α-hetero) is 1. The Balaban J connectivity index is 2.22. The number of carboxylic acids is 1. The number of aliphatic hydroxyl groups is 1. The van der Waals surface area contributed by atoms with Crippen LogP contribution in [0.15, 0.2) is 60.7 Å². The quantitative estimate of drug-likeness (QED) is 0.265. The van der Waals surface area contributed by atoms with E-state index in [-0.39, 0.29) is 19.0 Å². The van der Waals surface area contributed by atoms with Gasteiger partial charge in [-0.05, 0) is 68.7 Å². The van der Waals surface area contributed by atoms with Crippen LogP contribution in [0.3, 0.4) is 0 Å². The normalized spacial score (nSPS) is 12.7. The van der Waals surface area contributed by atoms with E-state index in [1.807, 2.05) is 6.92 Å². The summed E-state index contributed by atoms with van der Waals surface area (Å²) in [6, 6.07) is 13.3. The van der Waals surface area contributed by atoms with Gasteiger partial charge in [0, 0.05) is 23.9 Å². The number of carbonyl (C=O) groups excluding carboxylic acids is 2. The average molecular weight is 486 g/mol. The van der Waals surface area contributed by atoms with Gasteiger partial charge in [0.2, 0.25) is 0 Å². The second-order valence-electron chi connectivity index (χ2n) is 7.54. The molecule has 0 unspecified atom stereocenters. The molecule has 3 N–H and O–H groups in total. The number of ether oxygens (including phenoxy) is 3. The molecule has 0 aliphatic heterocycles. The van der Waals surface area contributed by atoms with Gasteiger partial charge in [-0.3, -0.25) is 10.1 Å². The standard InChI is InChI=1S/C26H31NO8/c1-3-33-23(6-4-5-7-24(30)31)25(20-10-14-22(15-11-20)34-17-16-28)35-26(32)27-21-12-8-19(9-13-21)18(2)29/h5,7-15,23,25,28H,3-4,6,16-17H2,1-2H3,(H,27,32)(H,30,31)/b7-5+/t23-,25-/m0/s1. The maximum Gasteiger partial charge on any atom is 0.412 e. The van der Waals surface area contributed by atoms with Gasteiger partial charge in [0.25, 0.3) is 0 Å². The molecule has 2 rings (SSSR count). The third-order valence-corrected chi connectivity index (χ3v) is 4.94. The second kappa shape index (κ2) is 14.5. The Bertz CT molecular complexity index is 985. The lowest BCUT2D eigenvalue weighted by atomic mass is 10.00. The van der Waals surface area contributed by atoms with Crippen molar-refractivity contribution in [1.82, 2.24) is 0 Å². The second-order valence-corrected chi connectivity index (χ2v) is 7.54. The molecule has 9 nitrogen and oxygen atoms in total. The molecule has 2 aromatic carbocycles. The average Bonchev–Trinajstić information content (AvgIpc) is 2.84. The molecule has 0 heterocycles. The third kappa shape index (κ3) is 9.60. The fourth-order valence-corrected chi connectivity index (χ4v) is 3.31. The number of anilines is 1. The number of amides is 1. The highest BCUT2D eigenvalue weighted by Crippen LogP contribution is 2.29. The number of hydrogen-bond donors (Lipinski definition) is 3. The van der Waals surface area contributed by atoms with Crippen molar-refractivity contribution in [3.63, 3.8) is 0 Å². The van der Waals surface area contributed by atoms with Gasteiger partial charge in [-0.2, -0.15) is 0 Å². The van der Waals surface area contributed by atoms with Gasteiger partial charge >= 0.3 is 12.1 Å². The zero-order valence-corrected chi connectivity index (χ0v) is 19.8. The molecule has 0 saturated heterocycles. The van der Waals surface area contributed by atoms with Gasteiger partial charge in [-0.15, -0.1) is 0 Å². The Labute approximate surface area is 204 Å². The number of ketones is 1. The molecule has 0 spiro atoms. The summed E-state index contributed by atoms with van der Waals surface area (Å²) in [6.07, 6.45) is 1.34. The highest BCUT2D eigenvalue weighted by molar-refractivity contribution is 5.95. The van der Waals surface area contributed by atoms with E-state index in [2.05, 4.69) is 5.32 Å². The van der Waals surface area contributed by atoms with Crippen molar-refractivity contribution in [3.05, 3.63) is 71.8 Å². The molecule has 0 aliphatic rings. The number of hydrogen-bond acceptors (Lipinski definition) is 7. The number of carboxylic acid groups (broad SMARTS) is 1. The van der Waals surface area contributed by atoms with Gasteiger partial charge in [-0.25, -0.2) is 9.59 Å². The Hall–Kier alpha value is -3.69. The minimum absolute atomic E-state index is 0.0814. The van der Waals surface area contributed by atoms with E-state index in [1.54, 1.807) is 48.5 Å². The van der Waals surface area contributed by atoms with Crippen molar-refractivity contribution in [2.45, 2.75) is 38.9 Å². The predicted octanol–water partition coefficient (Wildman–Crippen LogP) is 4.38. The van der Waals surface area contributed by atoms with Gasteiger partial charge in [0.15, 0.2) is 11.9 Å². The lowest BCUT2D eigenvalue weighted by Crippen LogP contribution is -2.29. The smallest absolute Gasteiger partial charge is 0.412 e. The molecular weight excluding hydrogens is 454 g/mol. The van der Waals surface area contributed by atoms with Gasteiger partial charge in [-0.1, -0.05) is 18.2 Å². The van der Waals surface area contributed by atoms with Crippen molar-refractivity contribution in [3.8, 4) is 5.75 Å². The molecule has 188 valence electrons. The summed E-state index contributed by atoms with van der Waals surface area (Å²) in [5.41, 5.74) is 1.64. The summed E-state index contributed by atoms with van der Waals surface area (Å²) in [5, 5.41) is 20.4. The summed E-state index contributed by atoms with van der Waals surface area (Å²) in [7, 11) is 0. The topological polar surface area (TPSA) is 131 Å². The van der Waals surface area contributed by atoms with Gasteiger partial charge in [0.1, 0.15) is 12.4 Å². The first-order chi connectivity index (χ1) is 16.8.